The Kier molecular flexibility index (Phi) is 4.47. The van der Waals surface area contributed by atoms with Crippen molar-refractivity contribution in [2.75, 3.05) is 10.6 Å². The monoisotopic (exact) mass is 325 g/mol. The Balaban J connectivity index is 1.71. The molecule has 0 spiro atoms. The van der Waals surface area contributed by atoms with Crippen LogP contribution in [0.5, 0.6) is 0 Å². The Morgan fingerprint density at radius 3 is 2.21 bits per heavy atom. The fourth-order valence-corrected chi connectivity index (χ4v) is 2.08. The van der Waals surface area contributed by atoms with Gasteiger partial charge in [0.2, 0.25) is 0 Å². The Labute approximate surface area is 137 Å². The highest BCUT2D eigenvalue weighted by atomic mass is 19.1. The average Bonchev–Trinajstić information content (AvgIpc) is 2.60. The number of amides is 1. The normalized spacial score (nSPS) is 10.2. The van der Waals surface area contributed by atoms with Crippen molar-refractivity contribution >= 4 is 23.1 Å². The lowest BCUT2D eigenvalue weighted by Crippen LogP contribution is -2.12. The molecule has 6 heteroatoms. The van der Waals surface area contributed by atoms with Gasteiger partial charge in [-0.05, 0) is 36.4 Å². The lowest BCUT2D eigenvalue weighted by atomic mass is 10.2. The first-order chi connectivity index (χ1) is 11.6. The van der Waals surface area contributed by atoms with Crippen LogP contribution in [0.1, 0.15) is 10.4 Å². The highest BCUT2D eigenvalue weighted by Crippen LogP contribution is 2.23. The predicted octanol–water partition coefficient (Wildman–Crippen LogP) is 4.36. The number of pyridine rings is 1. The average molecular weight is 325 g/mol. The third-order valence-electron chi connectivity index (χ3n) is 3.27. The number of para-hydroxylation sites is 1. The molecule has 0 aliphatic rings. The molecular formula is C18H13F2N3O. The zero-order valence-corrected chi connectivity index (χ0v) is 12.5. The molecule has 1 amide bonds. The van der Waals surface area contributed by atoms with E-state index < -0.39 is 11.6 Å². The van der Waals surface area contributed by atoms with Gasteiger partial charge < -0.3 is 10.6 Å². The number of nitrogens with zero attached hydrogens (tertiary/aromatic N) is 1. The Hall–Kier alpha value is -3.28. The van der Waals surface area contributed by atoms with Gasteiger partial charge in [0.15, 0.2) is 0 Å². The molecular weight excluding hydrogens is 312 g/mol. The second-order valence-corrected chi connectivity index (χ2v) is 4.97. The van der Waals surface area contributed by atoms with Crippen LogP contribution in [0.4, 0.5) is 26.0 Å². The number of nitrogens with one attached hydrogen (secondary N) is 2. The van der Waals surface area contributed by atoms with Crippen LogP contribution in [0.2, 0.25) is 0 Å². The highest BCUT2D eigenvalue weighted by molar-refractivity contribution is 6.03. The van der Waals surface area contributed by atoms with Gasteiger partial charge in [-0.25, -0.2) is 13.8 Å². The van der Waals surface area contributed by atoms with Crippen molar-refractivity contribution < 1.29 is 13.6 Å². The molecule has 24 heavy (non-hydrogen) atoms. The summed E-state index contributed by atoms with van der Waals surface area (Å²) in [6, 6.07) is 15.4. The van der Waals surface area contributed by atoms with E-state index in [0.29, 0.717) is 17.1 Å². The van der Waals surface area contributed by atoms with Crippen molar-refractivity contribution in [1.29, 1.82) is 0 Å². The van der Waals surface area contributed by atoms with E-state index in [2.05, 4.69) is 15.6 Å². The highest BCUT2D eigenvalue weighted by Gasteiger charge is 2.09. The van der Waals surface area contributed by atoms with E-state index in [0.717, 1.165) is 12.1 Å². The summed E-state index contributed by atoms with van der Waals surface area (Å²) in [4.78, 5) is 16.1. The minimum atomic E-state index is -0.698. The SMILES string of the molecule is O=C(Nc1ccc(Nc2c(F)cccc2F)cn1)c1ccccc1. The zero-order chi connectivity index (χ0) is 16.9. The number of hydrogen-bond donors (Lipinski definition) is 2. The summed E-state index contributed by atoms with van der Waals surface area (Å²) >= 11 is 0. The van der Waals surface area contributed by atoms with Crippen molar-refractivity contribution in [3.63, 3.8) is 0 Å². The molecule has 0 unspecified atom stereocenters. The van der Waals surface area contributed by atoms with Gasteiger partial charge >= 0.3 is 0 Å². The topological polar surface area (TPSA) is 54.0 Å². The maximum Gasteiger partial charge on any atom is 0.256 e. The number of benzene rings is 2. The van der Waals surface area contributed by atoms with Crippen LogP contribution >= 0.6 is 0 Å². The molecule has 3 aromatic rings. The molecule has 1 aromatic heterocycles. The number of carbonyl (C=O) groups excluding carboxylic acids is 1. The van der Waals surface area contributed by atoms with Crippen molar-refractivity contribution in [3.8, 4) is 0 Å². The lowest BCUT2D eigenvalue weighted by Gasteiger charge is -2.09. The third-order valence-corrected chi connectivity index (χ3v) is 3.27. The molecule has 2 N–H and O–H groups in total. The van der Waals surface area contributed by atoms with E-state index in [4.69, 9.17) is 0 Å². The minimum Gasteiger partial charge on any atom is -0.349 e. The van der Waals surface area contributed by atoms with Gasteiger partial charge in [0, 0.05) is 5.56 Å². The molecule has 2 aromatic carbocycles. The van der Waals surface area contributed by atoms with Crippen LogP contribution in [0, 0.1) is 11.6 Å². The first-order valence-electron chi connectivity index (χ1n) is 7.17. The number of hydrogen-bond acceptors (Lipinski definition) is 3. The summed E-state index contributed by atoms with van der Waals surface area (Å²) in [5.74, 6) is -1.35. The van der Waals surface area contributed by atoms with Gasteiger partial charge in [0.25, 0.3) is 5.91 Å². The first-order valence-corrected chi connectivity index (χ1v) is 7.17. The summed E-state index contributed by atoms with van der Waals surface area (Å²) in [6.07, 6.45) is 1.38. The smallest absolute Gasteiger partial charge is 0.256 e. The maximum absolute atomic E-state index is 13.6. The van der Waals surface area contributed by atoms with Gasteiger partial charge in [0.1, 0.15) is 23.1 Å². The molecule has 0 radical (unpaired) electrons. The van der Waals surface area contributed by atoms with Crippen molar-refractivity contribution in [2.24, 2.45) is 0 Å². The van der Waals surface area contributed by atoms with Crippen molar-refractivity contribution in [1.82, 2.24) is 4.98 Å². The number of aromatic nitrogens is 1. The van der Waals surface area contributed by atoms with E-state index in [1.807, 2.05) is 6.07 Å². The van der Waals surface area contributed by atoms with Crippen molar-refractivity contribution in [2.45, 2.75) is 0 Å². The molecule has 120 valence electrons. The second-order valence-electron chi connectivity index (χ2n) is 4.97. The molecule has 0 bridgehead atoms. The van der Waals surface area contributed by atoms with Gasteiger partial charge in [-0.2, -0.15) is 0 Å². The molecule has 0 saturated carbocycles. The lowest BCUT2D eigenvalue weighted by molar-refractivity contribution is 0.102. The Morgan fingerprint density at radius 2 is 1.58 bits per heavy atom. The van der Waals surface area contributed by atoms with Crippen molar-refractivity contribution in [3.05, 3.63) is 84.1 Å². The first kappa shape index (κ1) is 15.6. The maximum atomic E-state index is 13.6. The quantitative estimate of drug-likeness (QED) is 0.749. The molecule has 0 atom stereocenters. The van der Waals surface area contributed by atoms with Crippen LogP contribution in [0.3, 0.4) is 0 Å². The number of anilines is 3. The molecule has 0 aliphatic carbocycles. The predicted molar refractivity (Wildman–Crippen MR) is 88.3 cm³/mol. The Bertz CT molecular complexity index is 832. The van der Waals surface area contributed by atoms with E-state index in [-0.39, 0.29) is 11.6 Å². The van der Waals surface area contributed by atoms with Crippen LogP contribution in [-0.2, 0) is 0 Å². The van der Waals surface area contributed by atoms with E-state index in [1.54, 1.807) is 36.4 Å². The third kappa shape index (κ3) is 3.55. The minimum absolute atomic E-state index is 0.250. The largest absolute Gasteiger partial charge is 0.349 e. The van der Waals surface area contributed by atoms with E-state index in [1.165, 1.54) is 12.3 Å². The second kappa shape index (κ2) is 6.87. The summed E-state index contributed by atoms with van der Waals surface area (Å²) in [5.41, 5.74) is 0.659. The number of halogens is 2. The summed E-state index contributed by atoms with van der Waals surface area (Å²) in [7, 11) is 0. The fourth-order valence-electron chi connectivity index (χ4n) is 2.08. The van der Waals surface area contributed by atoms with Gasteiger partial charge in [0.05, 0.1) is 11.9 Å². The van der Waals surface area contributed by atoms with Gasteiger partial charge in [-0.3, -0.25) is 4.79 Å². The van der Waals surface area contributed by atoms with Gasteiger partial charge in [-0.15, -0.1) is 0 Å². The van der Waals surface area contributed by atoms with Crippen LogP contribution in [0.15, 0.2) is 66.9 Å². The number of rotatable bonds is 4. The fraction of sp³-hybridized carbons (Fsp3) is 0. The van der Waals surface area contributed by atoms with Crippen LogP contribution < -0.4 is 10.6 Å². The zero-order valence-electron chi connectivity index (χ0n) is 12.5. The standard InChI is InChI=1S/C18H13F2N3O/c19-14-7-4-8-15(20)17(14)22-13-9-10-16(21-11-13)23-18(24)12-5-2-1-3-6-12/h1-11,22H,(H,21,23,24). The molecule has 0 saturated heterocycles. The molecule has 0 fully saturated rings. The van der Waals surface area contributed by atoms with Crippen LogP contribution in [-0.4, -0.2) is 10.9 Å². The summed E-state index contributed by atoms with van der Waals surface area (Å²) < 4.78 is 27.2. The molecule has 4 nitrogen and oxygen atoms in total. The molecule has 0 aliphatic heterocycles. The van der Waals surface area contributed by atoms with E-state index in [9.17, 15) is 13.6 Å². The number of carbonyl (C=O) groups is 1. The Morgan fingerprint density at radius 1 is 0.875 bits per heavy atom. The van der Waals surface area contributed by atoms with Crippen LogP contribution in [0.25, 0.3) is 0 Å². The summed E-state index contributed by atoms with van der Waals surface area (Å²) in [6.45, 7) is 0. The van der Waals surface area contributed by atoms with Gasteiger partial charge in [-0.1, -0.05) is 24.3 Å². The molecule has 3 rings (SSSR count). The molecule has 1 heterocycles. The van der Waals surface area contributed by atoms with E-state index >= 15 is 0 Å². The summed E-state index contributed by atoms with van der Waals surface area (Å²) in [5, 5.41) is 5.27.